The van der Waals surface area contributed by atoms with Gasteiger partial charge in [-0.15, -0.1) is 24.8 Å². The van der Waals surface area contributed by atoms with Gasteiger partial charge in [-0.3, -0.25) is 0 Å². The Labute approximate surface area is 206 Å². The van der Waals surface area contributed by atoms with E-state index in [0.717, 1.165) is 6.42 Å². The second kappa shape index (κ2) is 11.1. The van der Waals surface area contributed by atoms with E-state index in [1.54, 1.807) is 3.88 Å². The second-order valence-electron chi connectivity index (χ2n) is 10.8. The Kier molecular flexibility index (Phi) is 11.1. The smallest absolute Gasteiger partial charge is 0.147 e. The monoisotopic (exact) mass is 504 g/mol. The fourth-order valence-corrected chi connectivity index (χ4v) is 9.73. The van der Waals surface area contributed by atoms with Crippen LogP contribution in [-0.2, 0) is 23.2 Å². The molecule has 0 N–H and O–H groups in total. The molecule has 0 amide bonds. The molecule has 0 aliphatic heterocycles. The second-order valence-corrected chi connectivity index (χ2v) is 17.5. The molecule has 0 heterocycles. The number of halogens is 2. The topological polar surface area (TPSA) is 9.23 Å². The minimum absolute atomic E-state index is 0. The summed E-state index contributed by atoms with van der Waals surface area (Å²) in [6.07, 6.45) is 5.76. The predicted octanol–water partition coefficient (Wildman–Crippen LogP) is 7.21. The molecule has 30 heavy (non-hydrogen) atoms. The molecule has 0 fully saturated rings. The van der Waals surface area contributed by atoms with Crippen molar-refractivity contribution in [2.75, 3.05) is 0 Å². The number of rotatable bonds is 4. The van der Waals surface area contributed by atoms with E-state index >= 15 is 0 Å². The van der Waals surface area contributed by atoms with Crippen LogP contribution in [0.25, 0.3) is 0 Å². The molecule has 1 aliphatic rings. The zero-order valence-electron chi connectivity index (χ0n) is 20.8. The third-order valence-corrected chi connectivity index (χ3v) is 10.8. The van der Waals surface area contributed by atoms with Gasteiger partial charge in [-0.1, -0.05) is 0 Å². The van der Waals surface area contributed by atoms with Gasteiger partial charge in [0.2, 0.25) is 0 Å². The fraction of sp³-hybridized carbons (Fsp3) is 0.560. The maximum Gasteiger partial charge on any atom is -0.147 e. The van der Waals surface area contributed by atoms with Gasteiger partial charge in [0.05, 0.1) is 0 Å². The summed E-state index contributed by atoms with van der Waals surface area (Å²) >= 11 is -1.99. The van der Waals surface area contributed by atoms with Gasteiger partial charge in [0.15, 0.2) is 0 Å². The summed E-state index contributed by atoms with van der Waals surface area (Å²) in [5.74, 6) is 1.19. The zero-order valence-corrected chi connectivity index (χ0v) is 25.2. The maximum atomic E-state index is 7.06. The largest absolute Gasteiger partial charge is 0.147 e. The van der Waals surface area contributed by atoms with Crippen molar-refractivity contribution in [1.82, 2.24) is 0 Å². The molecule has 0 saturated heterocycles. The summed E-state index contributed by atoms with van der Waals surface area (Å²) in [6.45, 7) is 25.7. The Morgan fingerprint density at radius 2 is 1.53 bits per heavy atom. The van der Waals surface area contributed by atoms with Crippen LogP contribution < -0.4 is 8.51 Å². The van der Waals surface area contributed by atoms with Crippen molar-refractivity contribution in [2.24, 2.45) is 5.41 Å². The molecule has 1 aromatic carbocycles. The van der Waals surface area contributed by atoms with Crippen LogP contribution in [0.4, 0.5) is 0 Å². The Morgan fingerprint density at radius 1 is 0.967 bits per heavy atom. The van der Waals surface area contributed by atoms with E-state index in [1.165, 1.54) is 31.4 Å². The molecule has 0 saturated carbocycles. The molecule has 0 atom stereocenters. The van der Waals surface area contributed by atoms with Crippen LogP contribution in [0.1, 0.15) is 72.9 Å². The number of aryl methyl sites for hydroxylation is 1. The summed E-state index contributed by atoms with van der Waals surface area (Å²) in [4.78, 5) is 0. The molecule has 1 aliphatic carbocycles. The van der Waals surface area contributed by atoms with Crippen molar-refractivity contribution in [3.05, 3.63) is 44.9 Å². The van der Waals surface area contributed by atoms with Gasteiger partial charge in [0, 0.05) is 0 Å². The third kappa shape index (κ3) is 6.94. The van der Waals surface area contributed by atoms with Crippen LogP contribution in [0.15, 0.2) is 33.7 Å². The van der Waals surface area contributed by atoms with Crippen LogP contribution in [0, 0.1) is 12.3 Å². The van der Waals surface area contributed by atoms with Crippen LogP contribution in [0.5, 0.6) is 5.75 Å². The van der Waals surface area contributed by atoms with Crippen molar-refractivity contribution in [2.45, 2.75) is 87.2 Å². The minimum atomic E-state index is -1.99. The molecule has 1 nitrogen and oxygen atoms in total. The molecule has 1 aromatic rings. The third-order valence-electron chi connectivity index (χ3n) is 5.35. The minimum Gasteiger partial charge on any atom is -0.147 e. The molecule has 0 unspecified atom stereocenters. The van der Waals surface area contributed by atoms with Crippen LogP contribution in [0.3, 0.4) is 0 Å². The SMILES string of the molecule is C[C](C)=[Ti]([O]c1cc(C)cc(C(C)(C)C)c1[SiH](C)C)[C]1=C(C(C)(C)C)C=CC1.Cl.Cl. The van der Waals surface area contributed by atoms with E-state index in [-0.39, 0.29) is 35.6 Å². The molecule has 2 rings (SSSR count). The van der Waals surface area contributed by atoms with Gasteiger partial charge >= 0.3 is 182 Å². The number of allylic oxidation sites excluding steroid dienone is 4. The van der Waals surface area contributed by atoms with E-state index in [4.69, 9.17) is 3.32 Å². The molecule has 0 radical (unpaired) electrons. The molecule has 0 spiro atoms. The van der Waals surface area contributed by atoms with Crippen molar-refractivity contribution >= 4 is 42.6 Å². The molecule has 0 aromatic heterocycles. The Balaban J connectivity index is 0.00000420. The molecule has 5 heteroatoms. The van der Waals surface area contributed by atoms with E-state index < -0.39 is 26.6 Å². The van der Waals surface area contributed by atoms with Gasteiger partial charge in [0.1, 0.15) is 0 Å². The number of hydrogen-bond donors (Lipinski definition) is 0. The molecular weight excluding hydrogens is 463 g/mol. The summed E-state index contributed by atoms with van der Waals surface area (Å²) in [5.41, 5.74) is 4.64. The quantitative estimate of drug-likeness (QED) is 0.393. The summed E-state index contributed by atoms with van der Waals surface area (Å²) in [6, 6.07) is 4.71. The standard InChI is InChI=1S/C13H22OSi.C9H13.C3H6.2ClH.Ti/c1-9-7-10(13(2,3)4)12(15(5)6)11(14)8-9;1-9(2,3)8-6-4-5-7-8;1-3-2;;;/h7-8,14-15H,1-6H3;4,6H,5H2,1-3H3;1-2H3;2*1H;/q;;;;;+1/p-1. The van der Waals surface area contributed by atoms with Gasteiger partial charge in [-0.05, 0) is 0 Å². The Morgan fingerprint density at radius 3 is 1.97 bits per heavy atom. The number of hydrogen-bond acceptors (Lipinski definition) is 1. The van der Waals surface area contributed by atoms with Crippen molar-refractivity contribution in [3.8, 4) is 5.75 Å². The normalized spacial score (nSPS) is 13.9. The van der Waals surface area contributed by atoms with Gasteiger partial charge < -0.3 is 0 Å². The van der Waals surface area contributed by atoms with Crippen molar-refractivity contribution in [1.29, 1.82) is 0 Å². The molecule has 170 valence electrons. The average molecular weight is 505 g/mol. The Bertz CT molecular complexity index is 849. The van der Waals surface area contributed by atoms with E-state index in [1.807, 2.05) is 0 Å². The predicted molar refractivity (Wildman–Crippen MR) is 140 cm³/mol. The fourth-order valence-electron chi connectivity index (χ4n) is 4.06. The van der Waals surface area contributed by atoms with E-state index in [9.17, 15) is 0 Å². The zero-order chi connectivity index (χ0) is 21.4. The average Bonchev–Trinajstić information content (AvgIpc) is 2.99. The first-order chi connectivity index (χ1) is 12.7. The Hall–Kier alpha value is -0.119. The summed E-state index contributed by atoms with van der Waals surface area (Å²) < 4.78 is 10.2. The first-order valence-electron chi connectivity index (χ1n) is 10.6. The first kappa shape index (κ1) is 29.9. The van der Waals surface area contributed by atoms with Crippen molar-refractivity contribution in [3.63, 3.8) is 0 Å². The van der Waals surface area contributed by atoms with E-state index in [0.29, 0.717) is 0 Å². The van der Waals surface area contributed by atoms with Crippen molar-refractivity contribution < 1.29 is 21.1 Å². The van der Waals surface area contributed by atoms with Crippen LogP contribution >= 0.6 is 24.8 Å². The van der Waals surface area contributed by atoms with Crippen LogP contribution in [-0.4, -0.2) is 12.6 Å². The molecular formula is C25H42Cl2OSiTi. The van der Waals surface area contributed by atoms with Crippen LogP contribution in [0.2, 0.25) is 13.1 Å². The summed E-state index contributed by atoms with van der Waals surface area (Å²) in [7, 11) is -1.04. The van der Waals surface area contributed by atoms with Gasteiger partial charge in [-0.2, -0.15) is 0 Å². The van der Waals surface area contributed by atoms with Gasteiger partial charge in [-0.25, -0.2) is 0 Å². The first-order valence-corrected chi connectivity index (χ1v) is 15.7. The maximum absolute atomic E-state index is 7.06. The number of benzene rings is 1. The molecule has 0 bridgehead atoms. The van der Waals surface area contributed by atoms with Gasteiger partial charge in [0.25, 0.3) is 0 Å². The van der Waals surface area contributed by atoms with E-state index in [2.05, 4.69) is 99.7 Å². The summed E-state index contributed by atoms with van der Waals surface area (Å²) in [5, 5.41) is 1.54.